The molecule has 0 aliphatic rings. The van der Waals surface area contributed by atoms with Crippen LogP contribution in [0.25, 0.3) is 0 Å². The molecule has 1 amide bonds. The summed E-state index contributed by atoms with van der Waals surface area (Å²) in [6.45, 7) is 2.30. The average molecular weight is 393 g/mol. The van der Waals surface area contributed by atoms with Crippen LogP contribution in [0.1, 0.15) is 6.92 Å². The van der Waals surface area contributed by atoms with Crippen molar-refractivity contribution >= 4 is 27.3 Å². The number of benzene rings is 2. The molecule has 0 bridgehead atoms. The quantitative estimate of drug-likeness (QED) is 0.747. The van der Waals surface area contributed by atoms with Gasteiger partial charge in [-0.1, -0.05) is 30.3 Å². The van der Waals surface area contributed by atoms with Crippen LogP contribution >= 0.6 is 0 Å². The number of carbonyl (C=O) groups excluding carboxylic acids is 1. The molecule has 0 radical (unpaired) electrons. The van der Waals surface area contributed by atoms with Crippen LogP contribution < -0.4 is 14.5 Å². The standard InChI is InChI=1S/C19H24FN3O3S/c1-15(23(27(3,25)26)18-12-8-7-11-17(18)20)19(24)21-13-14-22(2)16-9-5-4-6-10-16/h4-12,15H,13-14H2,1-3H3,(H,21,24). The second-order valence-electron chi connectivity index (χ2n) is 6.23. The zero-order valence-electron chi connectivity index (χ0n) is 15.6. The highest BCUT2D eigenvalue weighted by molar-refractivity contribution is 7.92. The second-order valence-corrected chi connectivity index (χ2v) is 8.09. The van der Waals surface area contributed by atoms with Gasteiger partial charge < -0.3 is 10.2 Å². The van der Waals surface area contributed by atoms with Crippen molar-refractivity contribution in [3.8, 4) is 0 Å². The molecule has 1 atom stereocenters. The predicted octanol–water partition coefficient (Wildman–Crippen LogP) is 2.23. The largest absolute Gasteiger partial charge is 0.373 e. The Morgan fingerprint density at radius 2 is 1.70 bits per heavy atom. The lowest BCUT2D eigenvalue weighted by Crippen LogP contribution is -2.49. The van der Waals surface area contributed by atoms with Crippen molar-refractivity contribution in [3.05, 3.63) is 60.4 Å². The Kier molecular flexibility index (Phi) is 6.79. The summed E-state index contributed by atoms with van der Waals surface area (Å²) in [5, 5.41) is 2.72. The molecule has 2 rings (SSSR count). The minimum Gasteiger partial charge on any atom is -0.373 e. The minimum absolute atomic E-state index is 0.149. The number of sulfonamides is 1. The van der Waals surface area contributed by atoms with Gasteiger partial charge in [-0.3, -0.25) is 9.10 Å². The molecule has 146 valence electrons. The number of likely N-dealkylation sites (N-methyl/N-ethyl adjacent to an activating group) is 1. The number of amides is 1. The summed E-state index contributed by atoms with van der Waals surface area (Å²) in [4.78, 5) is 14.4. The number of carbonyl (C=O) groups is 1. The molecule has 1 N–H and O–H groups in total. The fourth-order valence-corrected chi connectivity index (χ4v) is 3.89. The summed E-state index contributed by atoms with van der Waals surface area (Å²) in [5.41, 5.74) is 0.855. The van der Waals surface area contributed by atoms with Gasteiger partial charge in [0.05, 0.1) is 11.9 Å². The molecule has 1 unspecified atom stereocenters. The number of nitrogens with one attached hydrogen (secondary N) is 1. The third-order valence-electron chi connectivity index (χ3n) is 4.12. The van der Waals surface area contributed by atoms with Gasteiger partial charge in [-0.2, -0.15) is 0 Å². The first-order valence-corrected chi connectivity index (χ1v) is 10.3. The van der Waals surface area contributed by atoms with E-state index in [-0.39, 0.29) is 5.69 Å². The van der Waals surface area contributed by atoms with Gasteiger partial charge in [0.1, 0.15) is 11.9 Å². The summed E-state index contributed by atoms with van der Waals surface area (Å²) in [6, 6.07) is 14.1. The number of anilines is 2. The summed E-state index contributed by atoms with van der Waals surface area (Å²) in [6.07, 6.45) is 0.951. The van der Waals surface area contributed by atoms with Crippen molar-refractivity contribution in [2.45, 2.75) is 13.0 Å². The second kappa shape index (κ2) is 8.85. The molecular formula is C19H24FN3O3S. The Labute approximate surface area is 159 Å². The normalized spacial score (nSPS) is 12.3. The predicted molar refractivity (Wildman–Crippen MR) is 106 cm³/mol. The average Bonchev–Trinajstić information content (AvgIpc) is 2.63. The van der Waals surface area contributed by atoms with Crippen molar-refractivity contribution in [1.82, 2.24) is 5.32 Å². The lowest BCUT2D eigenvalue weighted by atomic mass is 10.2. The van der Waals surface area contributed by atoms with Gasteiger partial charge >= 0.3 is 0 Å². The Morgan fingerprint density at radius 1 is 1.11 bits per heavy atom. The first kappa shape index (κ1) is 20.7. The van der Waals surface area contributed by atoms with Crippen molar-refractivity contribution in [2.75, 3.05) is 35.6 Å². The van der Waals surface area contributed by atoms with E-state index in [2.05, 4.69) is 5.32 Å². The maximum Gasteiger partial charge on any atom is 0.243 e. The van der Waals surface area contributed by atoms with Gasteiger partial charge in [-0.25, -0.2) is 12.8 Å². The molecule has 0 fully saturated rings. The van der Waals surface area contributed by atoms with Crippen LogP contribution in [0.2, 0.25) is 0 Å². The SMILES string of the molecule is CC(C(=O)NCCN(C)c1ccccc1)N(c1ccccc1F)S(C)(=O)=O. The molecule has 27 heavy (non-hydrogen) atoms. The van der Waals surface area contributed by atoms with Crippen LogP contribution in [0.4, 0.5) is 15.8 Å². The highest BCUT2D eigenvalue weighted by Gasteiger charge is 2.30. The highest BCUT2D eigenvalue weighted by Crippen LogP contribution is 2.24. The summed E-state index contributed by atoms with van der Waals surface area (Å²) < 4.78 is 39.2. The molecule has 8 heteroatoms. The summed E-state index contributed by atoms with van der Waals surface area (Å²) in [5.74, 6) is -1.20. The van der Waals surface area contributed by atoms with Crippen LogP contribution in [-0.2, 0) is 14.8 Å². The van der Waals surface area contributed by atoms with Crippen molar-refractivity contribution < 1.29 is 17.6 Å². The number of rotatable bonds is 8. The molecule has 0 aliphatic carbocycles. The third kappa shape index (κ3) is 5.43. The van der Waals surface area contributed by atoms with E-state index in [4.69, 9.17) is 0 Å². The topological polar surface area (TPSA) is 69.7 Å². The van der Waals surface area contributed by atoms with E-state index in [0.717, 1.165) is 22.3 Å². The van der Waals surface area contributed by atoms with Gasteiger partial charge in [0.25, 0.3) is 0 Å². The molecule has 0 saturated heterocycles. The lowest BCUT2D eigenvalue weighted by Gasteiger charge is -2.28. The molecule has 0 saturated carbocycles. The number of nitrogens with zero attached hydrogens (tertiary/aromatic N) is 2. The first-order chi connectivity index (χ1) is 12.7. The number of hydrogen-bond acceptors (Lipinski definition) is 4. The van der Waals surface area contributed by atoms with Gasteiger partial charge in [0.15, 0.2) is 0 Å². The molecule has 0 aliphatic heterocycles. The van der Waals surface area contributed by atoms with E-state index >= 15 is 0 Å². The summed E-state index contributed by atoms with van der Waals surface area (Å²) >= 11 is 0. The van der Waals surface area contributed by atoms with Gasteiger partial charge in [-0.15, -0.1) is 0 Å². The van der Waals surface area contributed by atoms with Crippen LogP contribution in [0, 0.1) is 5.82 Å². The smallest absolute Gasteiger partial charge is 0.243 e. The Morgan fingerprint density at radius 3 is 2.30 bits per heavy atom. The van der Waals surface area contributed by atoms with E-state index in [9.17, 15) is 17.6 Å². The van der Waals surface area contributed by atoms with Crippen LogP contribution in [0.3, 0.4) is 0 Å². The van der Waals surface area contributed by atoms with Crippen molar-refractivity contribution in [3.63, 3.8) is 0 Å². The molecule has 0 aromatic heterocycles. The van der Waals surface area contributed by atoms with Crippen molar-refractivity contribution in [1.29, 1.82) is 0 Å². The molecule has 0 spiro atoms. The fraction of sp³-hybridized carbons (Fsp3) is 0.316. The molecule has 0 heterocycles. The van der Waals surface area contributed by atoms with Gasteiger partial charge in [0, 0.05) is 25.8 Å². The maximum absolute atomic E-state index is 14.1. The van der Waals surface area contributed by atoms with E-state index in [0.29, 0.717) is 13.1 Å². The zero-order valence-corrected chi connectivity index (χ0v) is 16.4. The van der Waals surface area contributed by atoms with E-state index in [1.54, 1.807) is 0 Å². The third-order valence-corrected chi connectivity index (χ3v) is 5.35. The van der Waals surface area contributed by atoms with Crippen LogP contribution in [-0.4, -0.2) is 46.8 Å². The van der Waals surface area contributed by atoms with Crippen LogP contribution in [0.15, 0.2) is 54.6 Å². The molecule has 6 nitrogen and oxygen atoms in total. The highest BCUT2D eigenvalue weighted by atomic mass is 32.2. The summed E-state index contributed by atoms with van der Waals surface area (Å²) in [7, 11) is -1.95. The number of halogens is 1. The van der Waals surface area contributed by atoms with Gasteiger partial charge in [-0.05, 0) is 31.2 Å². The van der Waals surface area contributed by atoms with E-state index in [1.807, 2.05) is 42.3 Å². The lowest BCUT2D eigenvalue weighted by molar-refractivity contribution is -0.121. The molecule has 2 aromatic rings. The van der Waals surface area contributed by atoms with Crippen LogP contribution in [0.5, 0.6) is 0 Å². The van der Waals surface area contributed by atoms with Gasteiger partial charge in [0.2, 0.25) is 15.9 Å². The molecular weight excluding hydrogens is 369 g/mol. The first-order valence-electron chi connectivity index (χ1n) is 8.49. The minimum atomic E-state index is -3.85. The monoisotopic (exact) mass is 393 g/mol. The maximum atomic E-state index is 14.1. The number of para-hydroxylation sites is 2. The fourth-order valence-electron chi connectivity index (χ4n) is 2.72. The Balaban J connectivity index is 2.04. The van der Waals surface area contributed by atoms with E-state index in [1.165, 1.54) is 25.1 Å². The van der Waals surface area contributed by atoms with E-state index < -0.39 is 27.8 Å². The Bertz CT molecular complexity index is 875. The molecule has 2 aromatic carbocycles. The Hall–Kier alpha value is -2.61. The number of hydrogen-bond donors (Lipinski definition) is 1. The van der Waals surface area contributed by atoms with Crippen molar-refractivity contribution in [2.24, 2.45) is 0 Å². The zero-order chi connectivity index (χ0) is 20.0.